The molecule has 3 amide bonds. The van der Waals surface area contributed by atoms with Crippen molar-refractivity contribution in [2.24, 2.45) is 5.73 Å². The fourth-order valence-corrected chi connectivity index (χ4v) is 3.20. The summed E-state index contributed by atoms with van der Waals surface area (Å²) in [5.41, 5.74) is 7.44. The first-order valence-corrected chi connectivity index (χ1v) is 8.27. The summed E-state index contributed by atoms with van der Waals surface area (Å²) in [6, 6.07) is 7.02. The summed E-state index contributed by atoms with van der Waals surface area (Å²) in [6.45, 7) is 4.42. The van der Waals surface area contributed by atoms with E-state index in [1.54, 1.807) is 6.92 Å². The van der Waals surface area contributed by atoms with Crippen molar-refractivity contribution in [3.8, 4) is 0 Å². The molecule has 0 bridgehead atoms. The van der Waals surface area contributed by atoms with Crippen LogP contribution >= 0.6 is 11.8 Å². The lowest BCUT2D eigenvalue weighted by Crippen LogP contribution is -2.39. The quantitative estimate of drug-likeness (QED) is 0.696. The van der Waals surface area contributed by atoms with E-state index in [1.165, 1.54) is 0 Å². The number of carbonyl (C=O) groups excluding carboxylic acids is 2. The highest BCUT2D eigenvalue weighted by Crippen LogP contribution is 2.27. The minimum absolute atomic E-state index is 0.368. The van der Waals surface area contributed by atoms with E-state index in [0.29, 0.717) is 5.16 Å². The molecule has 0 spiro atoms. The average Bonchev–Trinajstić information content (AvgIpc) is 2.87. The molecular weight excluding hydrogens is 328 g/mol. The highest BCUT2D eigenvalue weighted by molar-refractivity contribution is 8.00. The topological polar surface area (TPSA) is 116 Å². The maximum absolute atomic E-state index is 11.8. The summed E-state index contributed by atoms with van der Waals surface area (Å²) in [7, 11) is 0. The fourth-order valence-electron chi connectivity index (χ4n) is 2.49. The van der Waals surface area contributed by atoms with Crippen molar-refractivity contribution in [1.29, 1.82) is 0 Å². The Balaban J connectivity index is 1.98. The number of amides is 3. The number of thioether (sulfide) groups is 1. The lowest BCUT2D eigenvalue weighted by Gasteiger charge is -2.08. The Morgan fingerprint density at radius 1 is 1.33 bits per heavy atom. The molecule has 3 N–H and O–H groups in total. The summed E-state index contributed by atoms with van der Waals surface area (Å²) < 4.78 is 2.05. The Bertz CT molecular complexity index is 938. The highest BCUT2D eigenvalue weighted by Gasteiger charge is 2.19. The molecule has 0 unspecified atom stereocenters. The first kappa shape index (κ1) is 16.2. The summed E-state index contributed by atoms with van der Waals surface area (Å²) in [6.07, 6.45) is 0. The van der Waals surface area contributed by atoms with E-state index in [4.69, 9.17) is 5.73 Å². The van der Waals surface area contributed by atoms with E-state index in [0.717, 1.165) is 40.4 Å². The van der Waals surface area contributed by atoms with E-state index in [-0.39, 0.29) is 0 Å². The molecule has 0 saturated heterocycles. The van der Waals surface area contributed by atoms with Crippen LogP contribution in [0.4, 0.5) is 4.79 Å². The zero-order valence-corrected chi connectivity index (χ0v) is 14.0. The Hall–Kier alpha value is -2.68. The van der Waals surface area contributed by atoms with Gasteiger partial charge in [-0.3, -0.25) is 10.1 Å². The lowest BCUT2D eigenvalue weighted by atomic mass is 10.2. The predicted molar refractivity (Wildman–Crippen MR) is 91.5 cm³/mol. The van der Waals surface area contributed by atoms with Gasteiger partial charge in [0.25, 0.3) is 0 Å². The Morgan fingerprint density at radius 3 is 2.79 bits per heavy atom. The van der Waals surface area contributed by atoms with Crippen LogP contribution in [0.3, 0.4) is 0 Å². The summed E-state index contributed by atoms with van der Waals surface area (Å²) >= 11 is 1.12. The van der Waals surface area contributed by atoms with Gasteiger partial charge in [0.05, 0.1) is 10.8 Å². The summed E-state index contributed by atoms with van der Waals surface area (Å²) in [5.74, 6) is -0.493. The number of urea groups is 1. The number of nitrogens with one attached hydrogen (secondary N) is 1. The molecule has 1 atom stereocenters. The van der Waals surface area contributed by atoms with Crippen LogP contribution in [0.2, 0.25) is 0 Å². The number of rotatable bonds is 4. The van der Waals surface area contributed by atoms with Gasteiger partial charge in [0.15, 0.2) is 5.65 Å². The van der Waals surface area contributed by atoms with Crippen LogP contribution in [-0.4, -0.2) is 36.9 Å². The number of aromatic nitrogens is 4. The highest BCUT2D eigenvalue weighted by atomic mass is 32.2. The molecule has 0 saturated carbocycles. The summed E-state index contributed by atoms with van der Waals surface area (Å²) in [5, 5.41) is 11.2. The van der Waals surface area contributed by atoms with Crippen molar-refractivity contribution in [1.82, 2.24) is 25.1 Å². The van der Waals surface area contributed by atoms with Gasteiger partial charge in [-0.2, -0.15) is 0 Å². The molecule has 0 radical (unpaired) electrons. The van der Waals surface area contributed by atoms with E-state index >= 15 is 0 Å². The molecule has 8 nitrogen and oxygen atoms in total. The maximum atomic E-state index is 11.8. The molecule has 1 aromatic carbocycles. The monoisotopic (exact) mass is 344 g/mol. The lowest BCUT2D eigenvalue weighted by molar-refractivity contribution is -0.119. The zero-order valence-electron chi connectivity index (χ0n) is 13.2. The van der Waals surface area contributed by atoms with Gasteiger partial charge in [-0.05, 0) is 19.9 Å². The van der Waals surface area contributed by atoms with Gasteiger partial charge < -0.3 is 10.3 Å². The molecule has 0 aliphatic rings. The van der Waals surface area contributed by atoms with Crippen LogP contribution in [0.1, 0.15) is 13.8 Å². The number of carbonyl (C=O) groups is 2. The molecule has 2 aromatic heterocycles. The number of imide groups is 1. The van der Waals surface area contributed by atoms with Gasteiger partial charge in [-0.25, -0.2) is 9.78 Å². The van der Waals surface area contributed by atoms with Crippen LogP contribution in [-0.2, 0) is 11.3 Å². The van der Waals surface area contributed by atoms with Gasteiger partial charge in [-0.15, -0.1) is 10.2 Å². The van der Waals surface area contributed by atoms with E-state index in [2.05, 4.69) is 19.7 Å². The molecule has 2 heterocycles. The Kier molecular flexibility index (Phi) is 4.34. The van der Waals surface area contributed by atoms with Gasteiger partial charge >= 0.3 is 6.03 Å². The van der Waals surface area contributed by atoms with Crippen molar-refractivity contribution < 1.29 is 9.59 Å². The van der Waals surface area contributed by atoms with Crippen molar-refractivity contribution >= 4 is 45.8 Å². The van der Waals surface area contributed by atoms with Crippen molar-refractivity contribution in [3.05, 3.63) is 24.3 Å². The molecule has 124 valence electrons. The van der Waals surface area contributed by atoms with Crippen molar-refractivity contribution in [2.45, 2.75) is 30.8 Å². The third kappa shape index (κ3) is 2.90. The predicted octanol–water partition coefficient (Wildman–Crippen LogP) is 1.67. The van der Waals surface area contributed by atoms with E-state index in [9.17, 15) is 9.59 Å². The largest absolute Gasteiger partial charge is 0.351 e. The van der Waals surface area contributed by atoms with Crippen LogP contribution in [0.15, 0.2) is 29.4 Å². The Labute approximate surface area is 141 Å². The minimum Gasteiger partial charge on any atom is -0.351 e. The SMILES string of the molecule is CCn1c2ccccc2c2nnc(S[C@H](C)C(=O)NC(N)=O)nc21. The molecule has 9 heteroatoms. The average molecular weight is 344 g/mol. The standard InChI is InChI=1S/C15H16N6O2S/c1-3-21-10-7-5-4-6-9(10)11-12(21)17-15(20-19-11)24-8(2)13(22)18-14(16)23/h4-8H,3H2,1-2H3,(H3,16,18,22,23)/t8-/m1/s1. The maximum Gasteiger partial charge on any atom is 0.318 e. The third-order valence-electron chi connectivity index (χ3n) is 3.57. The molecule has 3 rings (SSSR count). The second-order valence-electron chi connectivity index (χ2n) is 5.14. The van der Waals surface area contributed by atoms with E-state index < -0.39 is 17.2 Å². The smallest absolute Gasteiger partial charge is 0.318 e. The van der Waals surface area contributed by atoms with Crippen LogP contribution < -0.4 is 11.1 Å². The van der Waals surface area contributed by atoms with Crippen LogP contribution in [0.5, 0.6) is 0 Å². The second kappa shape index (κ2) is 6.44. The normalized spacial score (nSPS) is 12.4. The number of nitrogens with two attached hydrogens (primary N) is 1. The number of aryl methyl sites for hydroxylation is 1. The molecule has 24 heavy (non-hydrogen) atoms. The molecule has 0 aliphatic carbocycles. The molecular formula is C15H16N6O2S. The third-order valence-corrected chi connectivity index (χ3v) is 4.52. The molecule has 0 aliphatic heterocycles. The number of hydrogen-bond acceptors (Lipinski definition) is 6. The van der Waals surface area contributed by atoms with Gasteiger partial charge in [0, 0.05) is 11.9 Å². The fraction of sp³-hybridized carbons (Fsp3) is 0.267. The zero-order chi connectivity index (χ0) is 17.3. The van der Waals surface area contributed by atoms with Gasteiger partial charge in [0.1, 0.15) is 5.52 Å². The van der Waals surface area contributed by atoms with Crippen molar-refractivity contribution in [2.75, 3.05) is 0 Å². The number of nitrogens with zero attached hydrogens (tertiary/aromatic N) is 4. The summed E-state index contributed by atoms with van der Waals surface area (Å²) in [4.78, 5) is 27.1. The first-order chi connectivity index (χ1) is 11.5. The van der Waals surface area contributed by atoms with Crippen molar-refractivity contribution in [3.63, 3.8) is 0 Å². The molecule has 0 fully saturated rings. The second-order valence-corrected chi connectivity index (χ2v) is 6.45. The van der Waals surface area contributed by atoms with Crippen LogP contribution in [0.25, 0.3) is 22.1 Å². The first-order valence-electron chi connectivity index (χ1n) is 7.40. The van der Waals surface area contributed by atoms with Gasteiger partial charge in [-0.1, -0.05) is 30.0 Å². The number of benzene rings is 1. The number of para-hydroxylation sites is 1. The number of fused-ring (bicyclic) bond motifs is 3. The van der Waals surface area contributed by atoms with Gasteiger partial charge in [0.2, 0.25) is 11.1 Å². The molecule has 3 aromatic rings. The number of hydrogen-bond donors (Lipinski definition) is 2. The minimum atomic E-state index is -0.881. The number of primary amides is 1. The van der Waals surface area contributed by atoms with Crippen LogP contribution in [0, 0.1) is 0 Å². The Morgan fingerprint density at radius 2 is 2.08 bits per heavy atom. The van der Waals surface area contributed by atoms with E-state index in [1.807, 2.05) is 36.5 Å².